The first-order valence-electron chi connectivity index (χ1n) is 4.35. The molecule has 0 spiro atoms. The van der Waals surface area contributed by atoms with Crippen LogP contribution in [0.4, 0.5) is 0 Å². The minimum Gasteiger partial charge on any atom is -0.468 e. The average molecular weight is 194 g/mol. The Kier molecular flexibility index (Phi) is 2.72. The monoisotopic (exact) mass is 194 g/mol. The highest BCUT2D eigenvalue weighted by Gasteiger charge is 2.27. The summed E-state index contributed by atoms with van der Waals surface area (Å²) in [4.78, 5) is 0. The van der Waals surface area contributed by atoms with Gasteiger partial charge in [-0.15, -0.1) is 0 Å². The third-order valence-electron chi connectivity index (χ3n) is 2.12. The molecule has 1 N–H and O–H groups in total. The second-order valence-electron chi connectivity index (χ2n) is 3.07. The zero-order valence-electron chi connectivity index (χ0n) is 7.90. The summed E-state index contributed by atoms with van der Waals surface area (Å²) in [5.74, 6) is 0.676. The predicted molar refractivity (Wildman–Crippen MR) is 51.3 cm³/mol. The standard InChI is InChI=1S/C9H11BO4/c1-12-6-13-8-3-2-7-5-14-10(11)9(7)4-8/h2-4,11H,5-6H2,1H3. The molecule has 1 aromatic rings. The molecule has 1 aliphatic rings. The number of methoxy groups -OCH3 is 1. The highest BCUT2D eigenvalue weighted by molar-refractivity contribution is 6.61. The Hall–Kier alpha value is -1.04. The molecule has 1 aromatic carbocycles. The third kappa shape index (κ3) is 1.75. The molecule has 0 aromatic heterocycles. The van der Waals surface area contributed by atoms with Crippen LogP contribution in [-0.4, -0.2) is 26.0 Å². The normalized spacial score (nSPS) is 14.3. The number of hydrogen-bond donors (Lipinski definition) is 1. The molecular weight excluding hydrogens is 183 g/mol. The molecule has 0 saturated carbocycles. The summed E-state index contributed by atoms with van der Waals surface area (Å²) in [6.07, 6.45) is 0. The van der Waals surface area contributed by atoms with Crippen LogP contribution >= 0.6 is 0 Å². The topological polar surface area (TPSA) is 47.9 Å². The zero-order valence-corrected chi connectivity index (χ0v) is 7.90. The Labute approximate surface area is 82.5 Å². The molecule has 0 fully saturated rings. The lowest BCUT2D eigenvalue weighted by Crippen LogP contribution is -2.28. The molecule has 2 rings (SSSR count). The Balaban J connectivity index is 2.17. The SMILES string of the molecule is COCOc1ccc2c(c1)B(O)OC2. The molecular formula is C9H11BO4. The maximum atomic E-state index is 9.42. The molecule has 0 radical (unpaired) electrons. The van der Waals surface area contributed by atoms with E-state index in [-0.39, 0.29) is 6.79 Å². The van der Waals surface area contributed by atoms with Crippen molar-refractivity contribution in [3.63, 3.8) is 0 Å². The van der Waals surface area contributed by atoms with Crippen molar-refractivity contribution in [3.8, 4) is 5.75 Å². The van der Waals surface area contributed by atoms with Gasteiger partial charge >= 0.3 is 7.12 Å². The molecule has 0 bridgehead atoms. The summed E-state index contributed by atoms with van der Waals surface area (Å²) in [6, 6.07) is 5.49. The highest BCUT2D eigenvalue weighted by atomic mass is 16.7. The Bertz CT molecular complexity index is 329. The third-order valence-corrected chi connectivity index (χ3v) is 2.12. The number of hydrogen-bond acceptors (Lipinski definition) is 4. The summed E-state index contributed by atoms with van der Waals surface area (Å²) in [5.41, 5.74) is 1.78. The van der Waals surface area contributed by atoms with Crippen LogP contribution in [0.15, 0.2) is 18.2 Å². The maximum absolute atomic E-state index is 9.42. The van der Waals surface area contributed by atoms with Crippen molar-refractivity contribution in [2.45, 2.75) is 6.61 Å². The first-order valence-corrected chi connectivity index (χ1v) is 4.35. The van der Waals surface area contributed by atoms with Gasteiger partial charge < -0.3 is 19.2 Å². The number of rotatable bonds is 3. The Morgan fingerprint density at radius 3 is 3.21 bits per heavy atom. The van der Waals surface area contributed by atoms with Gasteiger partial charge in [-0.3, -0.25) is 0 Å². The Morgan fingerprint density at radius 2 is 2.43 bits per heavy atom. The fraction of sp³-hybridized carbons (Fsp3) is 0.333. The lowest BCUT2D eigenvalue weighted by molar-refractivity contribution is 0.0512. The van der Waals surface area contributed by atoms with E-state index in [1.54, 1.807) is 13.2 Å². The Morgan fingerprint density at radius 1 is 1.57 bits per heavy atom. The van der Waals surface area contributed by atoms with Gasteiger partial charge in [-0.05, 0) is 23.2 Å². The first kappa shape index (κ1) is 9.52. The van der Waals surface area contributed by atoms with Gasteiger partial charge in [-0.25, -0.2) is 0 Å². The summed E-state index contributed by atoms with van der Waals surface area (Å²) < 4.78 is 15.1. The molecule has 74 valence electrons. The fourth-order valence-corrected chi connectivity index (χ4v) is 1.41. The number of benzene rings is 1. The summed E-state index contributed by atoms with van der Waals surface area (Å²) in [7, 11) is 0.738. The zero-order chi connectivity index (χ0) is 9.97. The minimum atomic E-state index is -0.823. The van der Waals surface area contributed by atoms with Gasteiger partial charge in [0.15, 0.2) is 6.79 Å². The van der Waals surface area contributed by atoms with Crippen molar-refractivity contribution in [2.24, 2.45) is 0 Å². The highest BCUT2D eigenvalue weighted by Crippen LogP contribution is 2.15. The van der Waals surface area contributed by atoms with Crippen molar-refractivity contribution < 1.29 is 19.2 Å². The molecule has 1 heterocycles. The molecule has 5 heteroatoms. The number of ether oxygens (including phenoxy) is 2. The van der Waals surface area contributed by atoms with Crippen LogP contribution in [0.1, 0.15) is 5.56 Å². The van der Waals surface area contributed by atoms with Gasteiger partial charge in [0.2, 0.25) is 0 Å². The van der Waals surface area contributed by atoms with E-state index >= 15 is 0 Å². The van der Waals surface area contributed by atoms with Crippen LogP contribution in [-0.2, 0) is 16.0 Å². The predicted octanol–water partition coefficient (Wildman–Crippen LogP) is -0.113. The van der Waals surface area contributed by atoms with Crippen LogP contribution in [0.2, 0.25) is 0 Å². The van der Waals surface area contributed by atoms with Crippen molar-refractivity contribution in [1.29, 1.82) is 0 Å². The fourth-order valence-electron chi connectivity index (χ4n) is 1.41. The molecule has 0 aliphatic carbocycles. The smallest absolute Gasteiger partial charge is 0.468 e. The van der Waals surface area contributed by atoms with Gasteiger partial charge in [-0.2, -0.15) is 0 Å². The van der Waals surface area contributed by atoms with E-state index in [1.165, 1.54) is 0 Å². The van der Waals surface area contributed by atoms with Crippen LogP contribution in [0.25, 0.3) is 0 Å². The molecule has 14 heavy (non-hydrogen) atoms. The first-order chi connectivity index (χ1) is 6.81. The maximum Gasteiger partial charge on any atom is 0.491 e. The summed E-state index contributed by atoms with van der Waals surface area (Å²) in [5, 5.41) is 9.42. The number of fused-ring (bicyclic) bond motifs is 1. The van der Waals surface area contributed by atoms with Crippen LogP contribution in [0.5, 0.6) is 5.75 Å². The van der Waals surface area contributed by atoms with E-state index in [4.69, 9.17) is 14.1 Å². The van der Waals surface area contributed by atoms with E-state index < -0.39 is 7.12 Å². The minimum absolute atomic E-state index is 0.204. The second-order valence-corrected chi connectivity index (χ2v) is 3.07. The van der Waals surface area contributed by atoms with Crippen LogP contribution in [0, 0.1) is 0 Å². The van der Waals surface area contributed by atoms with Gasteiger partial charge in [0.05, 0.1) is 6.61 Å². The van der Waals surface area contributed by atoms with Crippen molar-refractivity contribution >= 4 is 12.6 Å². The lowest BCUT2D eigenvalue weighted by Gasteiger charge is -2.06. The lowest BCUT2D eigenvalue weighted by atomic mass is 9.79. The van der Waals surface area contributed by atoms with Gasteiger partial charge in [0.25, 0.3) is 0 Å². The van der Waals surface area contributed by atoms with Gasteiger partial charge in [0, 0.05) is 7.11 Å². The molecule has 1 aliphatic heterocycles. The largest absolute Gasteiger partial charge is 0.491 e. The molecule has 0 atom stereocenters. The molecule has 0 amide bonds. The van der Waals surface area contributed by atoms with E-state index in [0.717, 1.165) is 11.0 Å². The van der Waals surface area contributed by atoms with E-state index in [1.807, 2.05) is 12.1 Å². The van der Waals surface area contributed by atoms with Gasteiger partial charge in [-0.1, -0.05) is 6.07 Å². The summed E-state index contributed by atoms with van der Waals surface area (Å²) in [6.45, 7) is 0.663. The molecule has 4 nitrogen and oxygen atoms in total. The van der Waals surface area contributed by atoms with E-state index in [0.29, 0.717) is 12.4 Å². The average Bonchev–Trinajstić information content (AvgIpc) is 2.57. The second kappa shape index (κ2) is 4.00. The van der Waals surface area contributed by atoms with Gasteiger partial charge in [0.1, 0.15) is 5.75 Å². The van der Waals surface area contributed by atoms with Crippen molar-refractivity contribution in [2.75, 3.05) is 13.9 Å². The van der Waals surface area contributed by atoms with Crippen molar-refractivity contribution in [3.05, 3.63) is 23.8 Å². The van der Waals surface area contributed by atoms with E-state index in [9.17, 15) is 5.02 Å². The molecule has 0 saturated heterocycles. The van der Waals surface area contributed by atoms with Crippen LogP contribution < -0.4 is 10.2 Å². The summed E-state index contributed by atoms with van der Waals surface area (Å²) >= 11 is 0. The van der Waals surface area contributed by atoms with Crippen molar-refractivity contribution in [1.82, 2.24) is 0 Å². The molecule has 0 unspecified atom stereocenters. The van der Waals surface area contributed by atoms with E-state index in [2.05, 4.69) is 0 Å². The quantitative estimate of drug-likeness (QED) is 0.538. The van der Waals surface area contributed by atoms with Crippen LogP contribution in [0.3, 0.4) is 0 Å².